The fraction of sp³-hybridized carbons (Fsp3) is 0.516. The number of carboxylic acid groups (broad SMARTS) is 1. The summed E-state index contributed by atoms with van der Waals surface area (Å²) >= 11 is 0. The average Bonchev–Trinajstić information content (AvgIpc) is 2.86. The van der Waals surface area contributed by atoms with Crippen molar-refractivity contribution in [2.45, 2.75) is 70.1 Å². The topological polar surface area (TPSA) is 93.6 Å². The Morgan fingerprint density at radius 3 is 2.23 bits per heavy atom. The summed E-state index contributed by atoms with van der Waals surface area (Å²) in [6.07, 6.45) is 7.96. The van der Waals surface area contributed by atoms with Gasteiger partial charge in [-0.15, -0.1) is 0 Å². The second-order valence-corrected chi connectivity index (χ2v) is 14.6. The highest BCUT2D eigenvalue weighted by atomic mass is 31.2. The normalized spacial score (nSPS) is 27.3. The minimum Gasteiger partial charge on any atom is -0.481 e. The first-order chi connectivity index (χ1) is 18.5. The van der Waals surface area contributed by atoms with Crippen LogP contribution in [0.3, 0.4) is 0 Å². The number of hydrogen-bond acceptors (Lipinski definition) is 5. The van der Waals surface area contributed by atoms with Crippen LogP contribution >= 0.6 is 7.37 Å². The van der Waals surface area contributed by atoms with Gasteiger partial charge in [-0.05, 0) is 97.6 Å². The van der Waals surface area contributed by atoms with Crippen LogP contribution in [0.1, 0.15) is 81.7 Å². The molecule has 4 aliphatic carbocycles. The maximum atomic E-state index is 13.9. The van der Waals surface area contributed by atoms with Gasteiger partial charge >= 0.3 is 5.97 Å². The quantitative estimate of drug-likeness (QED) is 0.243. The summed E-state index contributed by atoms with van der Waals surface area (Å²) in [6, 6.07) is 8.53. The van der Waals surface area contributed by atoms with Crippen LogP contribution in [0.4, 0.5) is 4.39 Å². The molecule has 4 bridgehead atoms. The van der Waals surface area contributed by atoms with E-state index in [0.717, 1.165) is 65.1 Å². The summed E-state index contributed by atoms with van der Waals surface area (Å²) in [4.78, 5) is 28.4. The number of hydrogen-bond donors (Lipinski definition) is 1. The van der Waals surface area contributed by atoms with Crippen molar-refractivity contribution < 1.29 is 28.2 Å². The molecule has 4 fully saturated rings. The van der Waals surface area contributed by atoms with Crippen molar-refractivity contribution >= 4 is 25.2 Å². The highest BCUT2D eigenvalue weighted by Gasteiger charge is 2.52. The van der Waals surface area contributed by atoms with Crippen LogP contribution in [0.5, 0.6) is 0 Å². The monoisotopic (exact) mass is 553 g/mol. The van der Waals surface area contributed by atoms with Crippen LogP contribution in [-0.2, 0) is 24.1 Å². The number of ketones is 1. The number of aromatic nitrogens is 1. The highest BCUT2D eigenvalue weighted by molar-refractivity contribution is 7.63. The molecule has 0 aliphatic heterocycles. The molecule has 1 aromatic heterocycles. The van der Waals surface area contributed by atoms with Crippen molar-refractivity contribution in [1.29, 1.82) is 0 Å². The number of carbonyl (C=O) groups is 2. The first-order valence-corrected chi connectivity index (χ1v) is 15.8. The van der Waals surface area contributed by atoms with Gasteiger partial charge in [0.2, 0.25) is 7.37 Å². The molecule has 0 spiro atoms. The molecule has 1 N–H and O–H groups in total. The number of rotatable bonds is 10. The number of Topliss-reactive ketones (excluding diaryl/α,β-unsaturated/α-hetero) is 1. The van der Waals surface area contributed by atoms with Gasteiger partial charge < -0.3 is 9.63 Å². The summed E-state index contributed by atoms with van der Waals surface area (Å²) < 4.78 is 32.6. The second-order valence-electron chi connectivity index (χ2n) is 12.2. The molecule has 6 nitrogen and oxygen atoms in total. The van der Waals surface area contributed by atoms with Gasteiger partial charge in [0.25, 0.3) is 0 Å². The van der Waals surface area contributed by atoms with Crippen molar-refractivity contribution in [3.05, 3.63) is 58.9 Å². The maximum absolute atomic E-state index is 13.9. The number of benzene rings is 1. The molecule has 4 aliphatic rings. The molecule has 1 unspecified atom stereocenters. The summed E-state index contributed by atoms with van der Waals surface area (Å²) in [5.74, 6) is 1.46. The summed E-state index contributed by atoms with van der Waals surface area (Å²) in [7, 11) is -2.33. The van der Waals surface area contributed by atoms with Gasteiger partial charge in [0.05, 0.1) is 11.9 Å². The summed E-state index contributed by atoms with van der Waals surface area (Å²) in [6.45, 7) is 4.15. The first kappa shape index (κ1) is 27.9. The molecule has 0 amide bonds. The van der Waals surface area contributed by atoms with E-state index in [1.165, 1.54) is 44.3 Å². The van der Waals surface area contributed by atoms with Crippen molar-refractivity contribution in [1.82, 2.24) is 4.98 Å². The number of pyridine rings is 1. The molecule has 4 saturated carbocycles. The first-order valence-electron chi connectivity index (χ1n) is 13.9. The van der Waals surface area contributed by atoms with E-state index >= 15 is 0 Å². The Labute approximate surface area is 229 Å². The van der Waals surface area contributed by atoms with Gasteiger partial charge in [-0.3, -0.25) is 19.1 Å². The smallest absolute Gasteiger partial charge is 0.310 e. The Kier molecular flexibility index (Phi) is 7.69. The molecule has 1 heterocycles. The van der Waals surface area contributed by atoms with E-state index in [1.807, 2.05) is 0 Å². The lowest BCUT2D eigenvalue weighted by Crippen LogP contribution is -2.49. The van der Waals surface area contributed by atoms with Gasteiger partial charge in [-0.1, -0.05) is 26.0 Å². The van der Waals surface area contributed by atoms with Crippen LogP contribution in [0.15, 0.2) is 36.1 Å². The zero-order valence-electron chi connectivity index (χ0n) is 22.9. The molecule has 39 heavy (non-hydrogen) atoms. The van der Waals surface area contributed by atoms with E-state index in [0.29, 0.717) is 0 Å². The Morgan fingerprint density at radius 2 is 1.72 bits per heavy atom. The minimum absolute atomic E-state index is 0.0493. The number of aliphatic carboxylic acids is 1. The second kappa shape index (κ2) is 10.7. The van der Waals surface area contributed by atoms with Crippen LogP contribution in [-0.4, -0.2) is 35.1 Å². The van der Waals surface area contributed by atoms with Gasteiger partial charge in [-0.2, -0.15) is 0 Å². The molecular weight excluding hydrogens is 516 g/mol. The van der Waals surface area contributed by atoms with E-state index < -0.39 is 31.7 Å². The molecule has 208 valence electrons. The van der Waals surface area contributed by atoms with Gasteiger partial charge in [0.1, 0.15) is 12.2 Å². The molecule has 0 saturated heterocycles. The molecular formula is C31H37FNO5P. The van der Waals surface area contributed by atoms with Crippen LogP contribution in [0.2, 0.25) is 0 Å². The predicted octanol–water partition coefficient (Wildman–Crippen LogP) is 7.42. The van der Waals surface area contributed by atoms with E-state index in [-0.39, 0.29) is 17.2 Å². The summed E-state index contributed by atoms with van der Waals surface area (Å²) in [5, 5.41) is 8.95. The molecule has 1 aromatic carbocycles. The third kappa shape index (κ3) is 5.81. The fourth-order valence-electron chi connectivity index (χ4n) is 7.59. The lowest BCUT2D eigenvalue weighted by atomic mass is 9.48. The van der Waals surface area contributed by atoms with Crippen molar-refractivity contribution in [3.8, 4) is 11.1 Å². The standard InChI is InChI=1S/C31H37FNO5P/c1-19(2)30-26(8-9-39(37,38-3)18-25(34)13-29(35)36)27(23-4-6-24(32)7-5-23)14-28(33-30)31-15-20-10-21(16-31)12-22(11-20)17-31/h4-9,14,19-22H,10-13,15-18H2,1-3H3,(H,35,36). The number of nitrogens with zero attached hydrogens (tertiary/aromatic N) is 1. The molecule has 0 radical (unpaired) electrons. The minimum atomic E-state index is -3.59. The van der Waals surface area contributed by atoms with Crippen molar-refractivity contribution in [2.75, 3.05) is 13.3 Å². The highest BCUT2D eigenvalue weighted by Crippen LogP contribution is 2.61. The Bertz CT molecular complexity index is 1310. The maximum Gasteiger partial charge on any atom is 0.310 e. The zero-order chi connectivity index (χ0) is 27.9. The van der Waals surface area contributed by atoms with Crippen LogP contribution in [0.25, 0.3) is 17.2 Å². The largest absolute Gasteiger partial charge is 0.481 e. The Balaban J connectivity index is 1.62. The van der Waals surface area contributed by atoms with Crippen molar-refractivity contribution in [2.24, 2.45) is 17.8 Å². The lowest BCUT2D eigenvalue weighted by Gasteiger charge is -2.56. The van der Waals surface area contributed by atoms with Gasteiger partial charge in [-0.25, -0.2) is 4.39 Å². The van der Waals surface area contributed by atoms with Gasteiger partial charge in [0.15, 0.2) is 5.78 Å². The van der Waals surface area contributed by atoms with E-state index in [4.69, 9.17) is 14.6 Å². The van der Waals surface area contributed by atoms with E-state index in [2.05, 4.69) is 19.9 Å². The van der Waals surface area contributed by atoms with Crippen molar-refractivity contribution in [3.63, 3.8) is 0 Å². The zero-order valence-corrected chi connectivity index (χ0v) is 23.8. The van der Waals surface area contributed by atoms with Gasteiger partial charge in [0, 0.05) is 29.6 Å². The predicted molar refractivity (Wildman–Crippen MR) is 149 cm³/mol. The Morgan fingerprint density at radius 1 is 1.13 bits per heavy atom. The van der Waals surface area contributed by atoms with E-state index in [1.54, 1.807) is 18.2 Å². The third-order valence-corrected chi connectivity index (χ3v) is 10.9. The summed E-state index contributed by atoms with van der Waals surface area (Å²) in [5.41, 5.74) is 4.50. The molecule has 8 heteroatoms. The lowest BCUT2D eigenvalue weighted by molar-refractivity contribution is -0.139. The average molecular weight is 554 g/mol. The number of halogens is 1. The third-order valence-electron chi connectivity index (χ3n) is 8.89. The number of carbonyl (C=O) groups excluding carboxylic acids is 1. The fourth-order valence-corrected chi connectivity index (χ4v) is 8.93. The van der Waals surface area contributed by atoms with Crippen LogP contribution in [0, 0.1) is 23.6 Å². The molecule has 1 atom stereocenters. The molecule has 6 rings (SSSR count). The molecule has 2 aromatic rings. The SMILES string of the molecule is COP(=O)(C=Cc1c(-c2ccc(F)cc2)cc(C23CC4CC(CC(C4)C2)C3)nc1C(C)C)CC(=O)CC(=O)O. The number of carboxylic acids is 1. The Hall–Kier alpha value is -2.63. The van der Waals surface area contributed by atoms with Crippen LogP contribution < -0.4 is 0 Å². The van der Waals surface area contributed by atoms with E-state index in [9.17, 15) is 18.5 Å².